The van der Waals surface area contributed by atoms with Crippen molar-refractivity contribution in [3.63, 3.8) is 0 Å². The molecule has 0 saturated carbocycles. The fourth-order valence-electron chi connectivity index (χ4n) is 4.91. The second kappa shape index (κ2) is 9.49. The average Bonchev–Trinajstić information content (AvgIpc) is 3.62. The summed E-state index contributed by atoms with van der Waals surface area (Å²) in [6.45, 7) is 5.99. The highest BCUT2D eigenvalue weighted by Crippen LogP contribution is 2.42. The first-order chi connectivity index (χ1) is 17.5. The number of aromatic nitrogens is 5. The van der Waals surface area contributed by atoms with Gasteiger partial charge in [0.15, 0.2) is 11.5 Å². The second-order valence-electron chi connectivity index (χ2n) is 9.74. The fraction of sp³-hybridized carbons (Fsp3) is 0.480. The van der Waals surface area contributed by atoms with Gasteiger partial charge in [0.1, 0.15) is 23.2 Å². The number of halogens is 2. The molecule has 2 saturated heterocycles. The summed E-state index contributed by atoms with van der Waals surface area (Å²) in [5.41, 5.74) is 2.50. The largest absolute Gasteiger partial charge is 0.379 e. The van der Waals surface area contributed by atoms with Crippen LogP contribution in [0.15, 0.2) is 24.8 Å². The highest BCUT2D eigenvalue weighted by atomic mass is 35.5. The van der Waals surface area contributed by atoms with Crippen molar-refractivity contribution in [1.82, 2.24) is 24.1 Å². The maximum absolute atomic E-state index is 15.7. The van der Waals surface area contributed by atoms with Crippen molar-refractivity contribution in [1.29, 1.82) is 0 Å². The number of hydrogen-bond acceptors (Lipinski definition) is 7. The number of ether oxygens (including phenoxy) is 2. The van der Waals surface area contributed by atoms with Gasteiger partial charge in [-0.05, 0) is 39.5 Å². The third kappa shape index (κ3) is 4.27. The number of benzene rings is 1. The summed E-state index contributed by atoms with van der Waals surface area (Å²) >= 11 is 6.69. The predicted molar refractivity (Wildman–Crippen MR) is 137 cm³/mol. The Balaban J connectivity index is 1.46. The molecule has 36 heavy (non-hydrogen) atoms. The molecule has 6 rings (SSSR count). The molecule has 2 unspecified atom stereocenters. The molecule has 4 aromatic rings. The van der Waals surface area contributed by atoms with Crippen molar-refractivity contribution in [3.05, 3.63) is 35.6 Å². The van der Waals surface area contributed by atoms with Crippen LogP contribution in [0.4, 0.5) is 15.9 Å². The highest BCUT2D eigenvalue weighted by Gasteiger charge is 2.26. The summed E-state index contributed by atoms with van der Waals surface area (Å²) in [5, 5.41) is 12.1. The van der Waals surface area contributed by atoms with Crippen molar-refractivity contribution in [2.45, 2.75) is 57.8 Å². The van der Waals surface area contributed by atoms with E-state index >= 15 is 4.39 Å². The molecule has 190 valence electrons. The fourth-order valence-corrected chi connectivity index (χ4v) is 5.20. The van der Waals surface area contributed by atoms with Crippen LogP contribution >= 0.6 is 11.6 Å². The smallest absolute Gasteiger partial charge is 0.167 e. The Morgan fingerprint density at radius 1 is 1.17 bits per heavy atom. The number of anilines is 2. The van der Waals surface area contributed by atoms with Gasteiger partial charge in [-0.2, -0.15) is 5.10 Å². The van der Waals surface area contributed by atoms with Crippen molar-refractivity contribution >= 4 is 39.7 Å². The van der Waals surface area contributed by atoms with Crippen molar-refractivity contribution in [3.8, 4) is 11.3 Å². The van der Waals surface area contributed by atoms with E-state index in [1.165, 1.54) is 0 Å². The summed E-state index contributed by atoms with van der Waals surface area (Å²) in [7, 11) is 0. The Morgan fingerprint density at radius 2 is 2.06 bits per heavy atom. The van der Waals surface area contributed by atoms with Crippen LogP contribution in [0.1, 0.15) is 45.8 Å². The molecule has 0 bridgehead atoms. The van der Waals surface area contributed by atoms with Gasteiger partial charge in [-0.25, -0.2) is 14.1 Å². The Morgan fingerprint density at radius 3 is 2.81 bits per heavy atom. The van der Waals surface area contributed by atoms with Crippen LogP contribution < -0.4 is 10.6 Å². The minimum Gasteiger partial charge on any atom is -0.379 e. The third-order valence-electron chi connectivity index (χ3n) is 6.63. The summed E-state index contributed by atoms with van der Waals surface area (Å²) in [6.07, 6.45) is 11.0. The number of nitrogens with zero attached hydrogens (tertiary/aromatic N) is 5. The van der Waals surface area contributed by atoms with Gasteiger partial charge in [0, 0.05) is 42.6 Å². The van der Waals surface area contributed by atoms with Crippen LogP contribution in [-0.4, -0.2) is 56.1 Å². The zero-order valence-electron chi connectivity index (χ0n) is 20.3. The molecular weight excluding hydrogens is 485 g/mol. The molecule has 1 aromatic carbocycles. The zero-order chi connectivity index (χ0) is 24.8. The van der Waals surface area contributed by atoms with E-state index < -0.39 is 5.82 Å². The summed E-state index contributed by atoms with van der Waals surface area (Å²) < 4.78 is 30.7. The maximum atomic E-state index is 15.7. The van der Waals surface area contributed by atoms with Gasteiger partial charge in [0.25, 0.3) is 0 Å². The molecule has 2 N–H and O–H groups in total. The SMILES string of the molecule is CC(C)Nc1c(F)c(Cl)c(-c2cn3cc(NC4CCOC4)nc3cn2)c2cn(C3CCCCO3)nc12. The Hall–Kier alpha value is -2.95. The van der Waals surface area contributed by atoms with Crippen molar-refractivity contribution < 1.29 is 13.9 Å². The van der Waals surface area contributed by atoms with Crippen LogP contribution in [0.2, 0.25) is 5.02 Å². The van der Waals surface area contributed by atoms with Gasteiger partial charge < -0.3 is 24.5 Å². The number of nitrogens with one attached hydrogen (secondary N) is 2. The van der Waals surface area contributed by atoms with Crippen LogP contribution in [0, 0.1) is 5.82 Å². The molecule has 0 radical (unpaired) electrons. The molecule has 2 atom stereocenters. The Kier molecular flexibility index (Phi) is 6.18. The third-order valence-corrected chi connectivity index (χ3v) is 6.99. The molecule has 11 heteroatoms. The molecule has 2 aliphatic rings. The van der Waals surface area contributed by atoms with Gasteiger partial charge in [0.2, 0.25) is 0 Å². The minimum atomic E-state index is -0.543. The van der Waals surface area contributed by atoms with Gasteiger partial charge in [-0.15, -0.1) is 0 Å². The highest BCUT2D eigenvalue weighted by molar-refractivity contribution is 6.35. The molecule has 3 aromatic heterocycles. The number of fused-ring (bicyclic) bond motifs is 2. The van der Waals surface area contributed by atoms with E-state index in [-0.39, 0.29) is 29.0 Å². The maximum Gasteiger partial charge on any atom is 0.167 e. The molecule has 5 heterocycles. The van der Waals surface area contributed by atoms with E-state index in [1.807, 2.05) is 36.8 Å². The van der Waals surface area contributed by atoms with E-state index in [1.54, 1.807) is 10.9 Å². The molecule has 0 spiro atoms. The lowest BCUT2D eigenvalue weighted by Crippen LogP contribution is -2.18. The van der Waals surface area contributed by atoms with Crippen molar-refractivity contribution in [2.75, 3.05) is 30.5 Å². The first kappa shape index (κ1) is 23.4. The van der Waals surface area contributed by atoms with Crippen LogP contribution in [0.25, 0.3) is 27.8 Å². The summed E-state index contributed by atoms with van der Waals surface area (Å²) in [4.78, 5) is 9.22. The average molecular weight is 514 g/mol. The van der Waals surface area contributed by atoms with E-state index in [4.69, 9.17) is 26.2 Å². The first-order valence-electron chi connectivity index (χ1n) is 12.5. The molecular formula is C25H29ClFN7O2. The molecule has 9 nitrogen and oxygen atoms in total. The van der Waals surface area contributed by atoms with Gasteiger partial charge >= 0.3 is 0 Å². The van der Waals surface area contributed by atoms with E-state index in [2.05, 4.69) is 20.6 Å². The van der Waals surface area contributed by atoms with Gasteiger partial charge in [0.05, 0.1) is 35.8 Å². The lowest BCUT2D eigenvalue weighted by molar-refractivity contribution is -0.0390. The monoisotopic (exact) mass is 513 g/mol. The quantitative estimate of drug-likeness (QED) is 0.363. The predicted octanol–water partition coefficient (Wildman–Crippen LogP) is 5.26. The molecule has 0 amide bonds. The van der Waals surface area contributed by atoms with E-state index in [0.717, 1.165) is 38.1 Å². The Labute approximate surface area is 212 Å². The molecule has 0 aliphatic carbocycles. The van der Waals surface area contributed by atoms with Gasteiger partial charge in [-0.3, -0.25) is 4.98 Å². The topological polar surface area (TPSA) is 90.5 Å². The second-order valence-corrected chi connectivity index (χ2v) is 10.1. The normalized spacial score (nSPS) is 20.6. The van der Waals surface area contributed by atoms with Crippen LogP contribution in [0.3, 0.4) is 0 Å². The number of rotatable bonds is 6. The lowest BCUT2D eigenvalue weighted by atomic mass is 10.0. The van der Waals surface area contributed by atoms with Gasteiger partial charge in [-0.1, -0.05) is 11.6 Å². The minimum absolute atomic E-state index is 0.00249. The Bertz CT molecular complexity index is 1410. The lowest BCUT2D eigenvalue weighted by Gasteiger charge is -2.22. The standard InChI is InChI=1S/C25H29ClFN7O2/c1-14(2)29-25-23(27)22(26)21(16-10-34(32-24(16)25)20-5-3-4-7-36-20)17-11-33-12-18(31-19(33)9-28-17)30-15-6-8-35-13-15/h9-12,14-15,20,29-30H,3-8,13H2,1-2H3. The van der Waals surface area contributed by atoms with E-state index in [9.17, 15) is 0 Å². The van der Waals surface area contributed by atoms with Crippen LogP contribution in [0.5, 0.6) is 0 Å². The molecule has 2 aliphatic heterocycles. The number of hydrogen-bond donors (Lipinski definition) is 2. The van der Waals surface area contributed by atoms with Crippen LogP contribution in [-0.2, 0) is 9.47 Å². The zero-order valence-corrected chi connectivity index (χ0v) is 21.1. The number of imidazole rings is 1. The summed E-state index contributed by atoms with van der Waals surface area (Å²) in [6, 6.07) is 0.233. The molecule has 2 fully saturated rings. The van der Waals surface area contributed by atoms with E-state index in [0.29, 0.717) is 41.0 Å². The first-order valence-corrected chi connectivity index (χ1v) is 12.8. The van der Waals surface area contributed by atoms with Crippen molar-refractivity contribution in [2.24, 2.45) is 0 Å². The summed E-state index contributed by atoms with van der Waals surface area (Å²) in [5.74, 6) is 0.199.